The van der Waals surface area contributed by atoms with Crippen LogP contribution in [0.1, 0.15) is 166 Å². The van der Waals surface area contributed by atoms with Gasteiger partial charge in [0, 0.05) is 114 Å². The number of carboxylic acid groups (broad SMARTS) is 1. The number of urea groups is 1. The number of anilines is 1. The van der Waals surface area contributed by atoms with Gasteiger partial charge in [0.2, 0.25) is 47.3 Å². The number of methoxy groups -OCH3 is 1. The number of hydrogen-bond acceptors (Lipinski definition) is 27. The maximum Gasteiger partial charge on any atom is 3.00 e. The Labute approximate surface area is 691 Å². The minimum absolute atomic E-state index is 0. The molecule has 8 bridgehead atoms. The van der Waals surface area contributed by atoms with Crippen molar-refractivity contribution in [2.24, 2.45) is 94.7 Å². The van der Waals surface area contributed by atoms with Gasteiger partial charge >= 0.3 is 34.8 Å². The van der Waals surface area contributed by atoms with Gasteiger partial charge in [-0.15, -0.1) is 0 Å². The van der Waals surface area contributed by atoms with Crippen molar-refractivity contribution < 1.29 is 112 Å². The quantitative estimate of drug-likeness (QED) is 0.0252. The Balaban J connectivity index is 0.000000582. The number of aliphatic hydroxyl groups excluding tert-OH is 2. The Kier molecular flexibility index (Phi) is 30.0. The van der Waals surface area contributed by atoms with Crippen LogP contribution in [0.3, 0.4) is 0 Å². The molecule has 2 aromatic heterocycles. The SMILES string of the molecule is C/C1=C2N=C(/C=C3N=C(/C(C)=C4\[N-][C@@](C)([C@@H]5N=C1[C@](C)(CCC(=O)NCC(C)OP(=O)([O-])O[C@H]1[C@@H](O)[C@@H](n6cnc7cc(C)c(C)cc76)O[C@@H]1CO)[C@H]5CC(N)=O)[C@@](C)(CC(N)=O)[C@@H]4CCC(N)=O)[C@@](C)(CC(N)=O)[C@@H]\3CCC(N)=O)C(C)(C)[C@@H]/2CCC(N)=O.COc1nc(C)nc(NC(=O)NS(=O)(=O)c2ccccc2C(=O)O)n1.[C-]#N.[Co+3]. The number of nitrogens with two attached hydrogens (primary N) is 6. The van der Waals surface area contributed by atoms with Gasteiger partial charge in [-0.25, -0.2) is 27.7 Å². The topological polar surface area (TPSA) is 649 Å². The predicted molar refractivity (Wildman–Crippen MR) is 420 cm³/mol. The average Bonchev–Trinajstić information content (AvgIpc) is 1.52. The number of phosphoric ester groups is 1. The van der Waals surface area contributed by atoms with Crippen LogP contribution in [-0.4, -0.2) is 175 Å². The van der Waals surface area contributed by atoms with Gasteiger partial charge in [-0.2, -0.15) is 20.6 Å². The first-order valence-corrected chi connectivity index (χ1v) is 40.3. The summed E-state index contributed by atoms with van der Waals surface area (Å²) >= 11 is 0. The van der Waals surface area contributed by atoms with Gasteiger partial charge in [0.25, 0.3) is 17.8 Å². The van der Waals surface area contributed by atoms with Crippen molar-refractivity contribution in [3.05, 3.63) is 111 Å². The number of carbonyl (C=O) groups excluding carboxylic acids is 8. The standard InChI is InChI=1S/C62H90N13O14P.C13H13N5O6S.CN.Co/c1-29-20-39-40(21-30(29)2)75(28-70-39)57-52(84)53(41(27-76)87-57)89-90(85,86)88-31(3)26-69-49(83)18-19-59(8)37(22-46(66)80)56-62(11)61(10,25-48(68)82)36(14-17-45(65)79)51(74-62)33(5)55-60(9,24-47(67)81)34(12-15-43(63)77)38(71-55)23-42-58(6,7)35(13-16-44(64)78)50(72-42)32(4)54(59)73-56;1-7-14-11(17-13(15-7)24-2)16-12(21)18-25(22,23)9-6-4-3-5-8(9)10(19)20;1-2;/h20-21,23,28,31,34-37,41,52-53,56-57,76,84H,12-19,22,24-27H2,1-11H3,(H15,63,64,65,66,67,68,69,71,72,73,74,77,78,79,80,81,82,83,85,86);3-6H,1-2H3,(H,19,20)(H2,14,15,16,17,18,21);;/q;;-1;+3/p-2/t31?,34-,35-,36-,37+,41-,52-,53-,56-,57+,59-,60+,61+,62+;;;/m1.../s1. The molecule has 6 aliphatic heterocycles. The molecule has 39 nitrogen and oxygen atoms in total. The second kappa shape index (κ2) is 37.3. The molecule has 10 rings (SSSR count). The molecule has 2 unspecified atom stereocenters. The van der Waals surface area contributed by atoms with E-state index < -0.39 is 176 Å². The molecule has 2 fully saturated rings. The molecule has 8 heterocycles. The number of carboxylic acids is 1. The Morgan fingerprint density at radius 2 is 1.39 bits per heavy atom. The zero-order chi connectivity index (χ0) is 87.3. The molecule has 18 N–H and O–H groups in total. The second-order valence-corrected chi connectivity index (χ2v) is 34.5. The van der Waals surface area contributed by atoms with E-state index in [9.17, 15) is 71.2 Å². The normalized spacial score (nSPS) is 28.4. The molecule has 0 radical (unpaired) electrons. The van der Waals surface area contributed by atoms with Crippen LogP contribution in [-0.2, 0) is 78.7 Å². The number of phosphoric acid groups is 1. The Bertz CT molecular complexity index is 5030. The number of primary amides is 6. The maximum absolute atomic E-state index is 14.4. The zero-order valence-corrected chi connectivity index (χ0v) is 70.2. The number of rotatable bonds is 31. The van der Waals surface area contributed by atoms with Gasteiger partial charge in [0.15, 0.2) is 6.23 Å². The van der Waals surface area contributed by atoms with E-state index in [1.807, 2.05) is 80.5 Å². The molecule has 0 aliphatic carbocycles. The van der Waals surface area contributed by atoms with Crippen LogP contribution in [0.2, 0.25) is 0 Å². The van der Waals surface area contributed by atoms with Crippen LogP contribution in [0, 0.1) is 77.9 Å². The minimum Gasteiger partial charge on any atom is -0.756 e. The molecule has 6 aliphatic rings. The second-order valence-electron chi connectivity index (χ2n) is 31.5. The number of aliphatic hydroxyl groups is 2. The number of amides is 9. The molecule has 9 amide bonds. The van der Waals surface area contributed by atoms with Crippen LogP contribution in [0.5, 0.6) is 6.01 Å². The number of hydrogen-bond donors (Lipinski definition) is 12. The summed E-state index contributed by atoms with van der Waals surface area (Å²) in [6.45, 7) is 25.2. The van der Waals surface area contributed by atoms with Crippen LogP contribution < -0.4 is 59.4 Å². The number of aromatic nitrogens is 5. The Hall–Kier alpha value is -10.3. The summed E-state index contributed by atoms with van der Waals surface area (Å²) in [6.07, 6.45) is -4.79. The summed E-state index contributed by atoms with van der Waals surface area (Å²) in [6, 6.07) is 6.28. The van der Waals surface area contributed by atoms with Gasteiger partial charge < -0.3 is 100 Å². The van der Waals surface area contributed by atoms with E-state index in [1.54, 1.807) is 11.6 Å². The van der Waals surface area contributed by atoms with E-state index >= 15 is 0 Å². The smallest absolute Gasteiger partial charge is 0.756 e. The minimum atomic E-state index is -5.32. The van der Waals surface area contributed by atoms with Crippen molar-refractivity contribution in [2.75, 3.05) is 25.6 Å². The summed E-state index contributed by atoms with van der Waals surface area (Å²) < 4.78 is 62.9. The Morgan fingerprint density at radius 3 is 1.97 bits per heavy atom. The molecular formula is C76H101CoN19O20PS. The van der Waals surface area contributed by atoms with Gasteiger partial charge in [-0.3, -0.25) is 58.4 Å². The monoisotopic (exact) mass is 1720 g/mol. The third-order valence-corrected chi connectivity index (χ3v) is 25.8. The number of nitrogens with zero attached hydrogens (tertiary/aromatic N) is 10. The Morgan fingerprint density at radius 1 is 0.788 bits per heavy atom. The molecule has 2 aromatic carbocycles. The number of imidazole rings is 1. The van der Waals surface area contributed by atoms with E-state index in [-0.39, 0.29) is 112 Å². The van der Waals surface area contributed by atoms with Gasteiger partial charge in [0.1, 0.15) is 29.0 Å². The number of benzene rings is 2. The number of fused-ring (bicyclic) bond motifs is 7. The van der Waals surface area contributed by atoms with Crippen molar-refractivity contribution in [3.63, 3.8) is 0 Å². The molecular weight excluding hydrogens is 1620 g/mol. The first-order valence-electron chi connectivity index (χ1n) is 37.4. The number of sulfonamides is 1. The van der Waals surface area contributed by atoms with E-state index in [0.717, 1.165) is 23.3 Å². The van der Waals surface area contributed by atoms with E-state index in [1.165, 1.54) is 44.0 Å². The molecule has 2 saturated heterocycles. The van der Waals surface area contributed by atoms with Gasteiger partial charge in [-0.1, -0.05) is 59.2 Å². The molecule has 640 valence electrons. The van der Waals surface area contributed by atoms with Crippen molar-refractivity contribution in [1.82, 2.24) is 34.5 Å². The predicted octanol–water partition coefficient (Wildman–Crippen LogP) is 3.81. The fourth-order valence-electron chi connectivity index (χ4n) is 17.1. The summed E-state index contributed by atoms with van der Waals surface area (Å²) in [5, 5.41) is 47.5. The van der Waals surface area contributed by atoms with Gasteiger partial charge in [-0.05, 0) is 137 Å². The first kappa shape index (κ1) is 94.9. The van der Waals surface area contributed by atoms with Crippen molar-refractivity contribution in [1.29, 1.82) is 5.26 Å². The summed E-state index contributed by atoms with van der Waals surface area (Å²) in [7, 11) is -8.43. The third-order valence-electron chi connectivity index (χ3n) is 23.2. The maximum atomic E-state index is 14.4. The van der Waals surface area contributed by atoms with Crippen molar-refractivity contribution in [2.45, 2.75) is 201 Å². The van der Waals surface area contributed by atoms with E-state index in [2.05, 4.69) is 30.6 Å². The molecule has 0 spiro atoms. The van der Waals surface area contributed by atoms with Crippen LogP contribution >= 0.6 is 7.82 Å². The zero-order valence-electron chi connectivity index (χ0n) is 67.5. The van der Waals surface area contributed by atoms with Crippen LogP contribution in [0.4, 0.5) is 10.7 Å². The number of ether oxygens (including phenoxy) is 2. The molecule has 4 aromatic rings. The van der Waals surface area contributed by atoms with Crippen LogP contribution in [0.25, 0.3) is 16.4 Å². The third kappa shape index (κ3) is 20.0. The fourth-order valence-corrected chi connectivity index (χ4v) is 19.3. The molecule has 118 heavy (non-hydrogen) atoms. The van der Waals surface area contributed by atoms with Crippen LogP contribution in [0.15, 0.2) is 96.9 Å². The molecule has 0 saturated carbocycles. The largest absolute Gasteiger partial charge is 3.00 e. The summed E-state index contributed by atoms with van der Waals surface area (Å²) in [5.41, 5.74) is 36.2. The number of aryl methyl sites for hydroxylation is 3. The molecule has 42 heteroatoms. The fraction of sp³-hybridized carbons (Fsp3) is 0.539. The number of carbonyl (C=O) groups is 9. The van der Waals surface area contributed by atoms with Crippen molar-refractivity contribution >= 4 is 105 Å². The summed E-state index contributed by atoms with van der Waals surface area (Å²) in [5.74, 6) is -8.84. The van der Waals surface area contributed by atoms with Gasteiger partial charge in [0.05, 0.1) is 42.7 Å². The van der Waals surface area contributed by atoms with Crippen molar-refractivity contribution in [3.8, 4) is 6.01 Å². The number of aromatic carboxylic acids is 1. The van der Waals surface area contributed by atoms with E-state index in [4.69, 9.17) is 90.2 Å². The number of aliphatic imine (C=N–C) groups is 3. The first-order chi connectivity index (χ1) is 54.6. The van der Waals surface area contributed by atoms with E-state index in [0.29, 0.717) is 56.4 Å². The number of nitrogens with one attached hydrogen (secondary N) is 3. The number of allylic oxidation sites excluding steroid dienone is 6. The average molecular weight is 1720 g/mol. The molecule has 15 atom stereocenters. The summed E-state index contributed by atoms with van der Waals surface area (Å²) in [4.78, 5) is 162.